The molecular weight excluding hydrogens is 318 g/mol. The van der Waals surface area contributed by atoms with Gasteiger partial charge in [0.05, 0.1) is 6.04 Å². The van der Waals surface area contributed by atoms with Gasteiger partial charge in [-0.05, 0) is 60.4 Å². The highest BCUT2D eigenvalue weighted by atomic mass is 79.9. The Hall–Kier alpha value is -0.640. The van der Waals surface area contributed by atoms with Crippen LogP contribution in [0.5, 0.6) is 0 Å². The number of benzene rings is 1. The van der Waals surface area contributed by atoms with Gasteiger partial charge in [-0.1, -0.05) is 30.7 Å². The number of halogens is 1. The van der Waals surface area contributed by atoms with E-state index in [1.165, 1.54) is 30.9 Å². The van der Waals surface area contributed by atoms with Crippen LogP contribution in [0.15, 0.2) is 28.7 Å². The molecule has 1 aromatic heterocycles. The monoisotopic (exact) mass is 337 g/mol. The molecule has 0 spiro atoms. The molecule has 0 aliphatic carbocycles. The van der Waals surface area contributed by atoms with E-state index >= 15 is 0 Å². The summed E-state index contributed by atoms with van der Waals surface area (Å²) in [5.74, 6) is 0. The van der Waals surface area contributed by atoms with Crippen molar-refractivity contribution in [2.75, 3.05) is 6.54 Å². The minimum atomic E-state index is 0.276. The highest BCUT2D eigenvalue weighted by Gasteiger charge is 2.20. The molecule has 0 aliphatic rings. The summed E-state index contributed by atoms with van der Waals surface area (Å²) in [5, 5.41) is 3.62. The van der Waals surface area contributed by atoms with Gasteiger partial charge in [0.2, 0.25) is 0 Å². The molecule has 0 bridgehead atoms. The first kappa shape index (κ1) is 14.8. The van der Waals surface area contributed by atoms with Crippen LogP contribution < -0.4 is 5.32 Å². The molecule has 1 heterocycles. The van der Waals surface area contributed by atoms with Crippen LogP contribution in [0.4, 0.5) is 0 Å². The third kappa shape index (κ3) is 3.28. The number of hydrogen-bond donors (Lipinski definition) is 1. The second kappa shape index (κ2) is 6.21. The molecule has 0 amide bonds. The Morgan fingerprint density at radius 3 is 2.53 bits per heavy atom. The van der Waals surface area contributed by atoms with Crippen molar-refractivity contribution in [2.45, 2.75) is 33.7 Å². The Kier molecular flexibility index (Phi) is 4.82. The van der Waals surface area contributed by atoms with Gasteiger partial charge in [-0.25, -0.2) is 0 Å². The van der Waals surface area contributed by atoms with Crippen LogP contribution in [0, 0.1) is 20.8 Å². The second-order valence-corrected chi connectivity index (χ2v) is 7.06. The number of hydrogen-bond acceptors (Lipinski definition) is 2. The molecule has 3 heteroatoms. The van der Waals surface area contributed by atoms with E-state index in [2.05, 4.69) is 73.2 Å². The van der Waals surface area contributed by atoms with Crippen molar-refractivity contribution in [3.63, 3.8) is 0 Å². The number of nitrogens with one attached hydrogen (secondary N) is 1. The Bertz CT molecular complexity index is 574. The fourth-order valence-corrected chi connectivity index (χ4v) is 4.29. The fraction of sp³-hybridized carbons (Fsp3) is 0.375. The summed E-state index contributed by atoms with van der Waals surface area (Å²) in [5.41, 5.74) is 4.03. The van der Waals surface area contributed by atoms with Crippen LogP contribution in [0.3, 0.4) is 0 Å². The van der Waals surface area contributed by atoms with E-state index < -0.39 is 0 Å². The van der Waals surface area contributed by atoms with Crippen molar-refractivity contribution < 1.29 is 0 Å². The largest absolute Gasteiger partial charge is 0.306 e. The van der Waals surface area contributed by atoms with Crippen LogP contribution >= 0.6 is 27.3 Å². The molecule has 1 unspecified atom stereocenters. The summed E-state index contributed by atoms with van der Waals surface area (Å²) in [4.78, 5) is 2.71. The Morgan fingerprint density at radius 1 is 1.21 bits per heavy atom. The molecule has 1 aromatic carbocycles. The lowest BCUT2D eigenvalue weighted by Gasteiger charge is -2.20. The van der Waals surface area contributed by atoms with Crippen LogP contribution in [0.1, 0.15) is 39.4 Å². The van der Waals surface area contributed by atoms with E-state index in [9.17, 15) is 0 Å². The van der Waals surface area contributed by atoms with E-state index in [1.54, 1.807) is 0 Å². The summed E-state index contributed by atoms with van der Waals surface area (Å²) >= 11 is 5.56. The Morgan fingerprint density at radius 2 is 1.95 bits per heavy atom. The molecule has 2 rings (SSSR count). The van der Waals surface area contributed by atoms with E-state index in [1.807, 2.05) is 11.3 Å². The molecule has 1 N–H and O–H groups in total. The van der Waals surface area contributed by atoms with Gasteiger partial charge in [0.25, 0.3) is 0 Å². The number of thiophene rings is 1. The summed E-state index contributed by atoms with van der Waals surface area (Å²) in [7, 11) is 0. The molecule has 0 radical (unpaired) electrons. The van der Waals surface area contributed by atoms with Gasteiger partial charge < -0.3 is 5.32 Å². The predicted molar refractivity (Wildman–Crippen MR) is 88.2 cm³/mol. The zero-order valence-corrected chi connectivity index (χ0v) is 14.3. The van der Waals surface area contributed by atoms with E-state index in [0.29, 0.717) is 0 Å². The third-order valence-electron chi connectivity index (χ3n) is 3.25. The number of rotatable bonds is 4. The second-order valence-electron chi connectivity index (χ2n) is 4.92. The normalized spacial score (nSPS) is 12.7. The highest BCUT2D eigenvalue weighted by Crippen LogP contribution is 2.36. The quantitative estimate of drug-likeness (QED) is 0.814. The molecule has 102 valence electrons. The number of aryl methyl sites for hydroxylation is 3. The van der Waals surface area contributed by atoms with Crippen molar-refractivity contribution in [1.29, 1.82) is 0 Å². The van der Waals surface area contributed by atoms with Crippen LogP contribution in [0.25, 0.3) is 0 Å². The first-order valence-electron chi connectivity index (χ1n) is 6.59. The molecule has 0 saturated carbocycles. The first-order chi connectivity index (χ1) is 9.02. The fourth-order valence-electron chi connectivity index (χ4n) is 2.32. The average molecular weight is 338 g/mol. The molecule has 19 heavy (non-hydrogen) atoms. The summed E-state index contributed by atoms with van der Waals surface area (Å²) in [6.45, 7) is 9.62. The van der Waals surface area contributed by atoms with Gasteiger partial charge in [0, 0.05) is 14.2 Å². The van der Waals surface area contributed by atoms with Crippen molar-refractivity contribution >= 4 is 27.3 Å². The minimum Gasteiger partial charge on any atom is -0.306 e. The summed E-state index contributed by atoms with van der Waals surface area (Å²) < 4.78 is 1.21. The van der Waals surface area contributed by atoms with Gasteiger partial charge >= 0.3 is 0 Å². The lowest BCUT2D eigenvalue weighted by molar-refractivity contribution is 0.634. The van der Waals surface area contributed by atoms with Crippen molar-refractivity contribution in [3.8, 4) is 0 Å². The Labute approximate surface area is 128 Å². The summed E-state index contributed by atoms with van der Waals surface area (Å²) in [6, 6.07) is 9.16. The molecule has 0 saturated heterocycles. The predicted octanol–water partition coefficient (Wildman–Crippen LogP) is 5.13. The maximum Gasteiger partial charge on any atom is 0.0685 e. The van der Waals surface area contributed by atoms with Crippen molar-refractivity contribution in [1.82, 2.24) is 5.32 Å². The molecule has 2 aromatic rings. The van der Waals surface area contributed by atoms with Crippen molar-refractivity contribution in [3.05, 3.63) is 55.2 Å². The zero-order valence-electron chi connectivity index (χ0n) is 11.9. The molecule has 1 atom stereocenters. The topological polar surface area (TPSA) is 12.0 Å². The molecule has 1 nitrogen and oxygen atoms in total. The van der Waals surface area contributed by atoms with E-state index in [4.69, 9.17) is 0 Å². The van der Waals surface area contributed by atoms with Crippen molar-refractivity contribution in [2.24, 2.45) is 0 Å². The van der Waals surface area contributed by atoms with Crippen LogP contribution in [-0.4, -0.2) is 6.54 Å². The third-order valence-corrected chi connectivity index (χ3v) is 5.29. The van der Waals surface area contributed by atoms with Gasteiger partial charge in [0.1, 0.15) is 0 Å². The highest BCUT2D eigenvalue weighted by molar-refractivity contribution is 9.10. The lowest BCUT2D eigenvalue weighted by atomic mass is 9.98. The van der Waals surface area contributed by atoms with Gasteiger partial charge in [0.15, 0.2) is 0 Å². The first-order valence-corrected chi connectivity index (χ1v) is 8.20. The maximum absolute atomic E-state index is 3.70. The van der Waals surface area contributed by atoms with Gasteiger partial charge in [-0.2, -0.15) is 0 Å². The lowest BCUT2D eigenvalue weighted by Crippen LogP contribution is -2.22. The van der Waals surface area contributed by atoms with E-state index in [-0.39, 0.29) is 6.04 Å². The van der Waals surface area contributed by atoms with Gasteiger partial charge in [-0.3, -0.25) is 0 Å². The maximum atomic E-state index is 3.70. The van der Waals surface area contributed by atoms with Crippen LogP contribution in [-0.2, 0) is 0 Å². The smallest absolute Gasteiger partial charge is 0.0685 e. The zero-order chi connectivity index (χ0) is 14.0. The average Bonchev–Trinajstić information content (AvgIpc) is 2.69. The van der Waals surface area contributed by atoms with Gasteiger partial charge in [-0.15, -0.1) is 11.3 Å². The van der Waals surface area contributed by atoms with E-state index in [0.717, 1.165) is 6.54 Å². The molecular formula is C16H20BrNS. The molecule has 0 aliphatic heterocycles. The Balaban J connectivity index is 2.51. The minimum absolute atomic E-state index is 0.276. The standard InChI is InChI=1S/C16H20BrNS/c1-5-18-15(16-14(17)9-12(4)19-16)13-8-10(2)6-7-11(13)3/h6-9,15,18H,5H2,1-4H3. The van der Waals surface area contributed by atoms with Crippen LogP contribution in [0.2, 0.25) is 0 Å². The molecule has 0 fully saturated rings. The summed E-state index contributed by atoms with van der Waals surface area (Å²) in [6.07, 6.45) is 0. The SMILES string of the molecule is CCNC(c1cc(C)ccc1C)c1sc(C)cc1Br.